The van der Waals surface area contributed by atoms with Gasteiger partial charge < -0.3 is 10.6 Å². The van der Waals surface area contributed by atoms with Crippen molar-refractivity contribution in [3.63, 3.8) is 0 Å². The molecular weight excluding hydrogens is 304 g/mol. The van der Waals surface area contributed by atoms with Crippen LogP contribution in [-0.2, 0) is 0 Å². The zero-order valence-electron chi connectivity index (χ0n) is 11.2. The predicted molar refractivity (Wildman–Crippen MR) is 82.5 cm³/mol. The first-order valence-corrected chi connectivity index (χ1v) is 6.93. The summed E-state index contributed by atoms with van der Waals surface area (Å²) in [5.74, 6) is 1.39. The molecule has 1 unspecified atom stereocenters. The van der Waals surface area contributed by atoms with Crippen molar-refractivity contribution < 1.29 is 0 Å². The molecule has 1 atom stereocenters. The molecule has 0 radical (unpaired) electrons. The first kappa shape index (κ1) is 13.8. The number of nitrogens with zero attached hydrogens (tertiary/aromatic N) is 2. The fraction of sp³-hybridized carbons (Fsp3) is 0.286. The largest absolute Gasteiger partial charge is 0.362 e. The van der Waals surface area contributed by atoms with Crippen LogP contribution in [0.3, 0.4) is 0 Å². The van der Waals surface area contributed by atoms with E-state index in [0.29, 0.717) is 5.95 Å². The number of rotatable bonds is 4. The van der Waals surface area contributed by atoms with Gasteiger partial charge in [-0.25, -0.2) is 4.98 Å². The Morgan fingerprint density at radius 2 is 2.00 bits per heavy atom. The maximum Gasteiger partial charge on any atom is 0.224 e. The van der Waals surface area contributed by atoms with Crippen molar-refractivity contribution in [2.75, 3.05) is 17.7 Å². The van der Waals surface area contributed by atoms with Gasteiger partial charge in [0.15, 0.2) is 0 Å². The number of halogens is 1. The van der Waals surface area contributed by atoms with E-state index in [1.165, 1.54) is 11.1 Å². The van der Waals surface area contributed by atoms with Crippen LogP contribution in [0, 0.1) is 6.92 Å². The Morgan fingerprint density at radius 1 is 1.26 bits per heavy atom. The van der Waals surface area contributed by atoms with Crippen molar-refractivity contribution in [3.8, 4) is 0 Å². The number of anilines is 2. The van der Waals surface area contributed by atoms with Gasteiger partial charge in [-0.1, -0.05) is 24.3 Å². The first-order chi connectivity index (χ1) is 9.11. The van der Waals surface area contributed by atoms with Crippen molar-refractivity contribution in [3.05, 3.63) is 46.1 Å². The quantitative estimate of drug-likeness (QED) is 0.900. The van der Waals surface area contributed by atoms with Crippen molar-refractivity contribution in [2.45, 2.75) is 19.9 Å². The second-order valence-electron chi connectivity index (χ2n) is 4.36. The molecule has 1 aromatic carbocycles. The van der Waals surface area contributed by atoms with Gasteiger partial charge in [0.05, 0.1) is 10.5 Å². The predicted octanol–water partition coefficient (Wildman–Crippen LogP) is 3.76. The lowest BCUT2D eigenvalue weighted by atomic mass is 10.0. The van der Waals surface area contributed by atoms with Crippen LogP contribution in [0.4, 0.5) is 11.8 Å². The molecule has 0 amide bonds. The van der Waals surface area contributed by atoms with Crippen LogP contribution in [0.1, 0.15) is 24.1 Å². The third-order valence-electron chi connectivity index (χ3n) is 2.98. The maximum absolute atomic E-state index is 4.41. The minimum atomic E-state index is 0.178. The van der Waals surface area contributed by atoms with Crippen LogP contribution in [0.2, 0.25) is 0 Å². The monoisotopic (exact) mass is 320 g/mol. The number of aryl methyl sites for hydroxylation is 1. The minimum absolute atomic E-state index is 0.178. The van der Waals surface area contributed by atoms with Crippen LogP contribution in [0.25, 0.3) is 0 Å². The van der Waals surface area contributed by atoms with E-state index in [-0.39, 0.29) is 6.04 Å². The van der Waals surface area contributed by atoms with Crippen molar-refractivity contribution in [1.82, 2.24) is 9.97 Å². The summed E-state index contributed by atoms with van der Waals surface area (Å²) in [6, 6.07) is 8.51. The van der Waals surface area contributed by atoms with Gasteiger partial charge >= 0.3 is 0 Å². The summed E-state index contributed by atoms with van der Waals surface area (Å²) in [7, 11) is 1.80. The number of aromatic nitrogens is 2. The number of nitrogens with one attached hydrogen (secondary N) is 2. The molecule has 0 fully saturated rings. The van der Waals surface area contributed by atoms with E-state index < -0.39 is 0 Å². The third-order valence-corrected chi connectivity index (χ3v) is 3.56. The molecule has 100 valence electrons. The van der Waals surface area contributed by atoms with Gasteiger partial charge in [0.1, 0.15) is 5.82 Å². The van der Waals surface area contributed by atoms with Gasteiger partial charge in [0.2, 0.25) is 5.95 Å². The summed E-state index contributed by atoms with van der Waals surface area (Å²) in [5, 5.41) is 6.34. The Kier molecular flexibility index (Phi) is 4.37. The van der Waals surface area contributed by atoms with Crippen molar-refractivity contribution in [1.29, 1.82) is 0 Å². The second kappa shape index (κ2) is 6.02. The Morgan fingerprint density at radius 3 is 2.68 bits per heavy atom. The molecule has 0 saturated heterocycles. The molecule has 0 bridgehead atoms. The molecule has 0 aliphatic heterocycles. The summed E-state index contributed by atoms with van der Waals surface area (Å²) in [4.78, 5) is 8.55. The van der Waals surface area contributed by atoms with E-state index in [9.17, 15) is 0 Å². The lowest BCUT2D eigenvalue weighted by Crippen LogP contribution is -2.11. The summed E-state index contributed by atoms with van der Waals surface area (Å²) in [5.41, 5.74) is 2.53. The smallest absolute Gasteiger partial charge is 0.224 e. The van der Waals surface area contributed by atoms with Gasteiger partial charge in [0, 0.05) is 13.2 Å². The molecule has 1 heterocycles. The summed E-state index contributed by atoms with van der Waals surface area (Å²) < 4.78 is 0.854. The Balaban J connectivity index is 2.24. The van der Waals surface area contributed by atoms with E-state index in [1.807, 2.05) is 6.07 Å². The third kappa shape index (κ3) is 3.23. The lowest BCUT2D eigenvalue weighted by Gasteiger charge is -2.18. The average Bonchev–Trinajstić information content (AvgIpc) is 2.41. The van der Waals surface area contributed by atoms with Crippen LogP contribution < -0.4 is 10.6 Å². The maximum atomic E-state index is 4.41. The van der Waals surface area contributed by atoms with Gasteiger partial charge in [-0.2, -0.15) is 4.98 Å². The number of hydrogen-bond donors (Lipinski definition) is 2. The molecule has 0 saturated carbocycles. The highest BCUT2D eigenvalue weighted by atomic mass is 79.9. The van der Waals surface area contributed by atoms with E-state index in [2.05, 4.69) is 68.6 Å². The second-order valence-corrected chi connectivity index (χ2v) is 5.22. The van der Waals surface area contributed by atoms with Crippen molar-refractivity contribution >= 4 is 27.7 Å². The zero-order chi connectivity index (χ0) is 13.8. The van der Waals surface area contributed by atoms with E-state index in [1.54, 1.807) is 13.2 Å². The lowest BCUT2D eigenvalue weighted by molar-refractivity contribution is 0.861. The van der Waals surface area contributed by atoms with Crippen LogP contribution in [0.5, 0.6) is 0 Å². The van der Waals surface area contributed by atoms with E-state index >= 15 is 0 Å². The Bertz CT molecular complexity index is 571. The van der Waals surface area contributed by atoms with Crippen LogP contribution in [-0.4, -0.2) is 17.0 Å². The van der Waals surface area contributed by atoms with Gasteiger partial charge in [-0.15, -0.1) is 0 Å². The molecule has 2 rings (SSSR count). The summed E-state index contributed by atoms with van der Waals surface area (Å²) >= 11 is 3.46. The minimum Gasteiger partial charge on any atom is -0.362 e. The van der Waals surface area contributed by atoms with E-state index in [0.717, 1.165) is 10.3 Å². The Labute approximate surface area is 121 Å². The molecular formula is C14H17BrN4. The average molecular weight is 321 g/mol. The molecule has 2 aromatic rings. The number of benzene rings is 1. The standard InChI is InChI=1S/C14H17BrN4/c1-9-6-4-5-7-11(9)10(2)18-13-12(15)8-17-14(16-3)19-13/h4-8,10H,1-3H3,(H2,16,17,18,19). The molecule has 0 aliphatic carbocycles. The molecule has 19 heavy (non-hydrogen) atoms. The molecule has 0 spiro atoms. The fourth-order valence-electron chi connectivity index (χ4n) is 1.94. The van der Waals surface area contributed by atoms with Gasteiger partial charge in [-0.05, 0) is 40.9 Å². The SMILES string of the molecule is CNc1ncc(Br)c(NC(C)c2ccccc2C)n1. The normalized spacial score (nSPS) is 12.0. The fourth-order valence-corrected chi connectivity index (χ4v) is 2.25. The molecule has 1 aromatic heterocycles. The molecule has 2 N–H and O–H groups in total. The highest BCUT2D eigenvalue weighted by Gasteiger charge is 2.11. The summed E-state index contributed by atoms with van der Waals surface area (Å²) in [6.45, 7) is 4.23. The molecule has 0 aliphatic rings. The number of hydrogen-bond acceptors (Lipinski definition) is 4. The molecule has 5 heteroatoms. The van der Waals surface area contributed by atoms with Crippen molar-refractivity contribution in [2.24, 2.45) is 0 Å². The topological polar surface area (TPSA) is 49.8 Å². The summed E-state index contributed by atoms with van der Waals surface area (Å²) in [6.07, 6.45) is 1.74. The van der Waals surface area contributed by atoms with Crippen LogP contribution >= 0.6 is 15.9 Å². The Hall–Kier alpha value is -1.62. The zero-order valence-corrected chi connectivity index (χ0v) is 12.8. The first-order valence-electron chi connectivity index (χ1n) is 6.14. The van der Waals surface area contributed by atoms with Gasteiger partial charge in [-0.3, -0.25) is 0 Å². The van der Waals surface area contributed by atoms with E-state index in [4.69, 9.17) is 0 Å². The highest BCUT2D eigenvalue weighted by molar-refractivity contribution is 9.10. The molecule has 4 nitrogen and oxygen atoms in total. The highest BCUT2D eigenvalue weighted by Crippen LogP contribution is 2.26. The van der Waals surface area contributed by atoms with Crippen LogP contribution in [0.15, 0.2) is 34.9 Å². The van der Waals surface area contributed by atoms with Gasteiger partial charge in [0.25, 0.3) is 0 Å².